The predicted molar refractivity (Wildman–Crippen MR) is 515 cm³/mol. The van der Waals surface area contributed by atoms with Crippen LogP contribution in [0.2, 0.25) is 40.2 Å². The molecule has 8 N–H and O–H groups in total. The molecule has 0 spiro atoms. The molecular weight excluding hydrogens is 1800 g/mol. The fourth-order valence-electron chi connectivity index (χ4n) is 18.3. The highest BCUT2D eigenvalue weighted by atomic mass is 35.5. The molecule has 2 saturated carbocycles. The van der Waals surface area contributed by atoms with Crippen LogP contribution < -0.4 is 42.5 Å². The van der Waals surface area contributed by atoms with Crippen LogP contribution in [0.4, 0.5) is 23.3 Å². The number of carbonyl (C=O) groups excluding carboxylic acids is 5. The number of hydrogen-bond acceptors (Lipinski definition) is 18. The van der Waals surface area contributed by atoms with E-state index in [0.717, 1.165) is 217 Å². The van der Waals surface area contributed by atoms with Gasteiger partial charge in [0.25, 0.3) is 0 Å². The number of hydrogen-bond donors (Lipinski definition) is 4. The molecule has 8 aromatic heterocycles. The molecule has 129 heavy (non-hydrogen) atoms. The molecule has 13 heterocycles. The summed E-state index contributed by atoms with van der Waals surface area (Å²) in [4.78, 5) is 99.2. The van der Waals surface area contributed by atoms with Gasteiger partial charge in [0.15, 0.2) is 0 Å². The van der Waals surface area contributed by atoms with Crippen molar-refractivity contribution < 1.29 is 28.7 Å². The minimum Gasteiger partial charge on any atom is -0.375 e. The Hall–Kier alpha value is -9.69. The van der Waals surface area contributed by atoms with Crippen LogP contribution in [0.5, 0.6) is 0 Å². The molecule has 0 radical (unpaired) electrons. The van der Waals surface area contributed by atoms with Crippen molar-refractivity contribution >= 4 is 168 Å². The van der Waals surface area contributed by atoms with Gasteiger partial charge in [-0.15, -0.1) is 0 Å². The lowest BCUT2D eigenvalue weighted by atomic mass is 9.95. The second-order valence-corrected chi connectivity index (χ2v) is 37.1. The van der Waals surface area contributed by atoms with Crippen LogP contribution >= 0.6 is 92.8 Å². The number of ether oxygens (including phenoxy) is 1. The lowest BCUT2D eigenvalue weighted by Crippen LogP contribution is -2.52. The Morgan fingerprint density at radius 3 is 0.884 bits per heavy atom. The SMILES string of the molecule is CC(=O)N1CCC(C(=O)N2CCN(c3cnc4cc(CN)c(-c5ccc(Cl)cc5Cl)cn34)CC2)CC1.COCC(=O)N1CCN(c2cnc3cc(CN)c(-c4ccc(Cl)cc4Cl)cn23)CC1.NCc1cc2ncc(N3CCN(C(=O)C4CCCC4)CC3)n2cc1-c1ccc(Cl)cc1Cl.NCc1cc2ncc(N3CCN(C(=O)CC4CC4)CC3)n2cc1-c1ccc(Cl)cc1Cl. The highest BCUT2D eigenvalue weighted by Gasteiger charge is 2.36. The van der Waals surface area contributed by atoms with E-state index in [9.17, 15) is 24.0 Å². The Morgan fingerprint density at radius 2 is 0.620 bits per heavy atom. The summed E-state index contributed by atoms with van der Waals surface area (Å²) >= 11 is 50.4. The number of aromatic nitrogens is 8. The van der Waals surface area contributed by atoms with Crippen LogP contribution in [0.15, 0.2) is 147 Å². The van der Waals surface area contributed by atoms with Crippen molar-refractivity contribution in [3.05, 3.63) is 209 Å². The fourth-order valence-corrected chi connectivity index (χ4v) is 20.4. The van der Waals surface area contributed by atoms with Crippen LogP contribution in [0.25, 0.3) is 67.1 Å². The molecule has 35 heteroatoms. The van der Waals surface area contributed by atoms with Gasteiger partial charge in [0.1, 0.15) is 52.5 Å². The summed E-state index contributed by atoms with van der Waals surface area (Å²) in [5.41, 5.74) is 38.7. The smallest absolute Gasteiger partial charge is 0.248 e. The normalized spacial score (nSPS) is 16.6. The lowest BCUT2D eigenvalue weighted by Gasteiger charge is -2.39. The second-order valence-electron chi connectivity index (χ2n) is 33.7. The van der Waals surface area contributed by atoms with E-state index in [1.165, 1.54) is 32.8 Å². The maximum absolute atomic E-state index is 13.1. The van der Waals surface area contributed by atoms with Gasteiger partial charge in [-0.2, -0.15) is 0 Å². The van der Waals surface area contributed by atoms with Crippen LogP contribution in [-0.4, -0.2) is 223 Å². The summed E-state index contributed by atoms with van der Waals surface area (Å²) in [6.07, 6.45) is 24.8. The average Bonchev–Trinajstić information content (AvgIpc) is 1.68. The molecule has 0 atom stereocenters. The Bertz CT molecular complexity index is 6110. The van der Waals surface area contributed by atoms with E-state index in [1.54, 1.807) is 31.2 Å². The fraction of sp³-hybridized carbons (Fsp3) is 0.394. The standard InChI is InChI=1S/C26H30Cl2N6O2.C24H27Cl2N5O.C23H25Cl2N5O.C21H23Cl2N5O2/c1-17(35)31-6-4-18(5-7-31)26(36)33-10-8-32(9-11-33)25-15-30-24-12-19(14-29)22(16-34(24)25)21-3-2-20(27)13-23(21)28;25-18-5-6-19(21(26)12-18)20-15-31-22(11-17(20)13-27)28-14-23(31)29-7-9-30(10-8-29)24(32)16-3-1-2-4-16;24-17-3-4-18(20(25)11-17)19-14-30-21(10-16(19)12-26)27-13-22(30)28-5-7-29(8-6-28)23(31)9-15-1-2-15;1-30-13-21(29)27-6-4-26(5-7-27)20-11-25-19-8-14(10-24)17(12-28(19)20)16-3-2-15(22)9-18(16)23/h2-3,12-13,15-16,18H,4-11,14,29H2,1H3;5-6,11-12,14-16H,1-4,7-10,13,27H2;3-4,10-11,13-15H,1-2,5-9,12,26H2;2-3,8-9,11-12H,4-7,10,13,24H2,1H3. The number of likely N-dealkylation sites (tertiary alicyclic amines) is 1. The van der Waals surface area contributed by atoms with E-state index in [2.05, 4.69) is 65.1 Å². The van der Waals surface area contributed by atoms with Gasteiger partial charge in [0.05, 0.1) is 24.8 Å². The summed E-state index contributed by atoms with van der Waals surface area (Å²) in [5.74, 6) is 5.79. The third-order valence-electron chi connectivity index (χ3n) is 25.8. The maximum atomic E-state index is 13.1. The Morgan fingerprint density at radius 1 is 0.341 bits per heavy atom. The maximum Gasteiger partial charge on any atom is 0.248 e. The summed E-state index contributed by atoms with van der Waals surface area (Å²) < 4.78 is 13.2. The molecule has 7 fully saturated rings. The van der Waals surface area contributed by atoms with Crippen LogP contribution in [0, 0.1) is 17.8 Å². The average molecular weight is 1910 g/mol. The van der Waals surface area contributed by atoms with Crippen molar-refractivity contribution in [2.45, 2.75) is 90.9 Å². The number of piperazine rings is 4. The van der Waals surface area contributed by atoms with Crippen LogP contribution in [-0.2, 0) is 54.9 Å². The molecule has 19 rings (SSSR count). The number of rotatable bonds is 18. The van der Waals surface area contributed by atoms with Gasteiger partial charge >= 0.3 is 0 Å². The number of halogens is 8. The van der Waals surface area contributed by atoms with Gasteiger partial charge in [-0.25, -0.2) is 19.9 Å². The largest absolute Gasteiger partial charge is 0.375 e. The molecular formula is C94H105Cl8N21O6. The summed E-state index contributed by atoms with van der Waals surface area (Å²) in [7, 11) is 1.53. The lowest BCUT2D eigenvalue weighted by molar-refractivity contribution is -0.140. The minimum absolute atomic E-state index is 0.00399. The van der Waals surface area contributed by atoms with E-state index in [-0.39, 0.29) is 36.2 Å². The summed E-state index contributed by atoms with van der Waals surface area (Å²) in [6.45, 7) is 16.2. The van der Waals surface area contributed by atoms with Gasteiger partial charge in [0.2, 0.25) is 29.5 Å². The number of carbonyl (C=O) groups is 5. The van der Waals surface area contributed by atoms with Crippen LogP contribution in [0.1, 0.15) is 87.0 Å². The van der Waals surface area contributed by atoms with Crippen LogP contribution in [0.3, 0.4) is 0 Å². The molecule has 27 nitrogen and oxygen atoms in total. The Balaban J connectivity index is 0.000000126. The zero-order valence-electron chi connectivity index (χ0n) is 72.1. The molecule has 5 aliphatic heterocycles. The van der Waals surface area contributed by atoms with E-state index >= 15 is 0 Å². The quantitative estimate of drug-likeness (QED) is 0.0620. The van der Waals surface area contributed by atoms with Gasteiger partial charge in [-0.1, -0.05) is 130 Å². The van der Waals surface area contributed by atoms with Gasteiger partial charge in [0, 0.05) is 286 Å². The molecule has 678 valence electrons. The first kappa shape index (κ1) is 92.6. The zero-order chi connectivity index (χ0) is 90.4. The van der Waals surface area contributed by atoms with Crippen molar-refractivity contribution in [2.75, 3.05) is 151 Å². The second kappa shape index (κ2) is 41.4. The first-order chi connectivity index (χ1) is 62.4. The number of benzene rings is 4. The number of amides is 5. The number of imidazole rings is 4. The molecule has 0 bridgehead atoms. The number of fused-ring (bicyclic) bond motifs is 4. The van der Waals surface area contributed by atoms with E-state index in [1.807, 2.05) is 139 Å². The third-order valence-corrected chi connectivity index (χ3v) is 28.0. The first-order valence-corrected chi connectivity index (χ1v) is 47.0. The van der Waals surface area contributed by atoms with Gasteiger partial charge in [-0.3, -0.25) is 41.6 Å². The monoisotopic (exact) mass is 1900 g/mol. The molecule has 2 aliphatic carbocycles. The first-order valence-electron chi connectivity index (χ1n) is 43.9. The number of nitrogens with zero attached hydrogens (tertiary/aromatic N) is 17. The van der Waals surface area contributed by atoms with E-state index < -0.39 is 0 Å². The molecule has 5 saturated heterocycles. The number of pyridine rings is 4. The Labute approximate surface area is 789 Å². The number of nitrogens with two attached hydrogens (primary N) is 4. The zero-order valence-corrected chi connectivity index (χ0v) is 78.1. The van der Waals surface area contributed by atoms with Crippen molar-refractivity contribution in [3.8, 4) is 44.5 Å². The number of anilines is 4. The number of methoxy groups -OCH3 is 1. The summed E-state index contributed by atoms with van der Waals surface area (Å²) in [5, 5.41) is 4.69. The topological polar surface area (TPSA) is 297 Å². The van der Waals surface area contributed by atoms with E-state index in [0.29, 0.717) is 130 Å². The van der Waals surface area contributed by atoms with Gasteiger partial charge in [-0.05, 0) is 139 Å². The highest BCUT2D eigenvalue weighted by Crippen LogP contribution is 2.41. The number of piperidine rings is 1. The highest BCUT2D eigenvalue weighted by molar-refractivity contribution is 6.38. The molecule has 12 aromatic rings. The van der Waals surface area contributed by atoms with Gasteiger partial charge < -0.3 is 71.8 Å². The van der Waals surface area contributed by atoms with Crippen molar-refractivity contribution in [2.24, 2.45) is 40.7 Å². The Kier molecular flexibility index (Phi) is 29.7. The molecule has 4 aromatic carbocycles. The predicted octanol–water partition coefficient (Wildman–Crippen LogP) is 15.6. The minimum atomic E-state index is 0.00399. The third kappa shape index (κ3) is 20.8. The molecule has 5 amide bonds. The van der Waals surface area contributed by atoms with E-state index in [4.69, 9.17) is 120 Å². The van der Waals surface area contributed by atoms with Crippen molar-refractivity contribution in [3.63, 3.8) is 0 Å². The summed E-state index contributed by atoms with van der Waals surface area (Å²) in [6, 6.07) is 29.9. The molecule has 0 unspecified atom stereocenters. The van der Waals surface area contributed by atoms with Crippen molar-refractivity contribution in [1.82, 2.24) is 62.0 Å². The van der Waals surface area contributed by atoms with Crippen molar-refractivity contribution in [1.29, 1.82) is 0 Å². The molecule has 7 aliphatic rings.